The Morgan fingerprint density at radius 1 is 1.04 bits per heavy atom. The summed E-state index contributed by atoms with van der Waals surface area (Å²) in [5, 5.41) is 2.34. The molecule has 25 heavy (non-hydrogen) atoms. The maximum absolute atomic E-state index is 12.9. The Balaban J connectivity index is 1.89. The van der Waals surface area contributed by atoms with Crippen LogP contribution in [0.25, 0.3) is 21.6 Å². The van der Waals surface area contributed by atoms with E-state index in [1.807, 2.05) is 23.6 Å². The minimum absolute atomic E-state index is 0.323. The molecule has 6 nitrogen and oxygen atoms in total. The number of nitrogens with one attached hydrogen (secondary N) is 1. The number of para-hydroxylation sites is 1. The van der Waals surface area contributed by atoms with Crippen molar-refractivity contribution in [2.75, 3.05) is 5.43 Å². The lowest BCUT2D eigenvalue weighted by molar-refractivity contribution is 0.101. The quantitative estimate of drug-likeness (QED) is 0.618. The van der Waals surface area contributed by atoms with Gasteiger partial charge in [-0.1, -0.05) is 18.2 Å². The van der Waals surface area contributed by atoms with Gasteiger partial charge in [-0.05, 0) is 35.7 Å². The zero-order valence-corrected chi connectivity index (χ0v) is 13.7. The van der Waals surface area contributed by atoms with Crippen LogP contribution in [0, 0.1) is 0 Å². The molecule has 1 aromatic carbocycles. The zero-order valence-electron chi connectivity index (χ0n) is 12.9. The number of pyridine rings is 1. The van der Waals surface area contributed by atoms with Gasteiger partial charge in [0, 0.05) is 18.0 Å². The van der Waals surface area contributed by atoms with Gasteiger partial charge in [0.05, 0.1) is 15.8 Å². The van der Waals surface area contributed by atoms with Crippen LogP contribution in [0.4, 0.5) is 0 Å². The van der Waals surface area contributed by atoms with E-state index in [1.54, 1.807) is 30.3 Å². The van der Waals surface area contributed by atoms with E-state index >= 15 is 0 Å². The van der Waals surface area contributed by atoms with Crippen LogP contribution in [0.5, 0.6) is 0 Å². The van der Waals surface area contributed by atoms with E-state index in [1.165, 1.54) is 28.4 Å². The average molecular weight is 348 g/mol. The van der Waals surface area contributed by atoms with Crippen molar-refractivity contribution in [1.82, 2.24) is 14.6 Å². The molecule has 0 atom stereocenters. The summed E-state index contributed by atoms with van der Waals surface area (Å²) in [6.07, 6.45) is 3.05. The highest BCUT2D eigenvalue weighted by molar-refractivity contribution is 7.13. The summed E-state index contributed by atoms with van der Waals surface area (Å²) in [6, 6.07) is 14.0. The van der Waals surface area contributed by atoms with Crippen LogP contribution in [0.15, 0.2) is 71.1 Å². The van der Waals surface area contributed by atoms with Crippen molar-refractivity contribution in [3.05, 3.63) is 82.2 Å². The molecule has 0 aliphatic rings. The van der Waals surface area contributed by atoms with Gasteiger partial charge in [0.25, 0.3) is 11.5 Å². The number of fused-ring (bicyclic) bond motifs is 1. The van der Waals surface area contributed by atoms with Gasteiger partial charge in [0.2, 0.25) is 0 Å². The van der Waals surface area contributed by atoms with E-state index in [0.29, 0.717) is 22.3 Å². The van der Waals surface area contributed by atoms with Crippen LogP contribution in [-0.2, 0) is 0 Å². The summed E-state index contributed by atoms with van der Waals surface area (Å²) in [6.45, 7) is 0. The van der Waals surface area contributed by atoms with Gasteiger partial charge in [-0.25, -0.2) is 4.98 Å². The number of nitrogens with zero attached hydrogens (tertiary/aromatic N) is 3. The molecule has 0 saturated carbocycles. The van der Waals surface area contributed by atoms with Crippen molar-refractivity contribution >= 4 is 28.1 Å². The first-order chi connectivity index (χ1) is 12.2. The van der Waals surface area contributed by atoms with Crippen LogP contribution in [-0.4, -0.2) is 20.6 Å². The molecular formula is C18H12N4O2S. The molecule has 0 aliphatic carbocycles. The highest BCUT2D eigenvalue weighted by Crippen LogP contribution is 2.23. The normalized spacial score (nSPS) is 10.7. The third-order valence-corrected chi connectivity index (χ3v) is 4.54. The van der Waals surface area contributed by atoms with Crippen LogP contribution in [0.2, 0.25) is 0 Å². The van der Waals surface area contributed by atoms with Crippen molar-refractivity contribution in [3.63, 3.8) is 0 Å². The van der Waals surface area contributed by atoms with Crippen molar-refractivity contribution < 1.29 is 4.79 Å². The number of amides is 1. The lowest BCUT2D eigenvalue weighted by Gasteiger charge is -2.13. The molecule has 0 unspecified atom stereocenters. The fraction of sp³-hybridized carbons (Fsp3) is 0. The number of aromatic nitrogens is 3. The number of carbonyl (C=O) groups excluding carboxylic acids is 1. The molecular weight excluding hydrogens is 336 g/mol. The third kappa shape index (κ3) is 2.81. The van der Waals surface area contributed by atoms with Crippen molar-refractivity contribution in [2.24, 2.45) is 0 Å². The highest BCUT2D eigenvalue weighted by atomic mass is 32.1. The highest BCUT2D eigenvalue weighted by Gasteiger charge is 2.16. The molecule has 0 aliphatic heterocycles. The molecule has 0 fully saturated rings. The molecule has 1 N–H and O–H groups in total. The van der Waals surface area contributed by atoms with Crippen molar-refractivity contribution in [2.45, 2.75) is 0 Å². The van der Waals surface area contributed by atoms with Crippen molar-refractivity contribution in [1.29, 1.82) is 0 Å². The molecule has 0 radical (unpaired) electrons. The van der Waals surface area contributed by atoms with Gasteiger partial charge in [0.1, 0.15) is 0 Å². The van der Waals surface area contributed by atoms with Crippen LogP contribution in [0.1, 0.15) is 10.4 Å². The summed E-state index contributed by atoms with van der Waals surface area (Å²) in [5.41, 5.74) is 3.33. The number of benzene rings is 1. The molecule has 3 aromatic heterocycles. The summed E-state index contributed by atoms with van der Waals surface area (Å²) < 4.78 is 1.21. The SMILES string of the molecule is O=C(Nn1c(-c2cccs2)nc2ccccc2c1=O)c1ccncc1. The largest absolute Gasteiger partial charge is 0.280 e. The first-order valence-corrected chi connectivity index (χ1v) is 8.39. The molecule has 4 rings (SSSR count). The first kappa shape index (κ1) is 15.2. The van der Waals surface area contributed by atoms with E-state index in [2.05, 4.69) is 15.4 Å². The maximum atomic E-state index is 12.9. The second-order valence-corrected chi connectivity index (χ2v) is 6.19. The lowest BCUT2D eigenvalue weighted by Crippen LogP contribution is -2.35. The summed E-state index contributed by atoms with van der Waals surface area (Å²) in [7, 11) is 0. The molecule has 122 valence electrons. The van der Waals surface area contributed by atoms with E-state index in [-0.39, 0.29) is 5.56 Å². The van der Waals surface area contributed by atoms with E-state index in [0.717, 1.165) is 4.88 Å². The molecule has 4 aromatic rings. The topological polar surface area (TPSA) is 76.9 Å². The molecule has 3 heterocycles. The molecule has 0 bridgehead atoms. The Labute approximate surface area is 146 Å². The molecule has 7 heteroatoms. The predicted octanol–water partition coefficient (Wildman–Crippen LogP) is 2.90. The van der Waals surface area contributed by atoms with Crippen molar-refractivity contribution in [3.8, 4) is 10.7 Å². The number of rotatable bonds is 3. The zero-order chi connectivity index (χ0) is 17.2. The second kappa shape index (κ2) is 6.29. The predicted molar refractivity (Wildman–Crippen MR) is 97.2 cm³/mol. The van der Waals surface area contributed by atoms with Crippen LogP contribution in [0.3, 0.4) is 0 Å². The number of hydrogen-bond donors (Lipinski definition) is 1. The van der Waals surface area contributed by atoms with Gasteiger partial charge in [0.15, 0.2) is 5.82 Å². The Morgan fingerprint density at radius 2 is 1.84 bits per heavy atom. The monoisotopic (exact) mass is 348 g/mol. The minimum atomic E-state index is -0.403. The summed E-state index contributed by atoms with van der Waals surface area (Å²) in [5.74, 6) is 0.000457. The lowest BCUT2D eigenvalue weighted by atomic mass is 10.2. The third-order valence-electron chi connectivity index (χ3n) is 3.67. The Morgan fingerprint density at radius 3 is 2.60 bits per heavy atom. The van der Waals surface area contributed by atoms with Crippen LogP contribution < -0.4 is 11.0 Å². The Bertz CT molecular complexity index is 1110. The fourth-order valence-corrected chi connectivity index (χ4v) is 3.18. The Hall–Kier alpha value is -3.32. The van der Waals surface area contributed by atoms with E-state index < -0.39 is 5.91 Å². The van der Waals surface area contributed by atoms with E-state index in [9.17, 15) is 9.59 Å². The molecule has 0 spiro atoms. The summed E-state index contributed by atoms with van der Waals surface area (Å²) in [4.78, 5) is 34.7. The number of carbonyl (C=O) groups is 1. The fourth-order valence-electron chi connectivity index (χ4n) is 2.48. The number of hydrogen-bond acceptors (Lipinski definition) is 5. The van der Waals surface area contributed by atoms with Gasteiger partial charge in [-0.2, -0.15) is 4.68 Å². The van der Waals surface area contributed by atoms with E-state index in [4.69, 9.17) is 0 Å². The minimum Gasteiger partial charge on any atom is -0.267 e. The standard InChI is InChI=1S/C18H12N4O2S/c23-17(12-7-9-19-10-8-12)21-22-16(15-6-3-11-25-15)20-14-5-2-1-4-13(14)18(22)24/h1-11H,(H,21,23). The first-order valence-electron chi connectivity index (χ1n) is 7.51. The smallest absolute Gasteiger partial charge is 0.267 e. The molecule has 0 saturated heterocycles. The Kier molecular flexibility index (Phi) is 3.83. The van der Waals surface area contributed by atoms with Gasteiger partial charge >= 0.3 is 0 Å². The molecule has 1 amide bonds. The van der Waals surface area contributed by atoms with Gasteiger partial charge in [-0.3, -0.25) is 20.0 Å². The van der Waals surface area contributed by atoms with Crippen LogP contribution >= 0.6 is 11.3 Å². The van der Waals surface area contributed by atoms with Gasteiger partial charge < -0.3 is 0 Å². The second-order valence-electron chi connectivity index (χ2n) is 5.25. The maximum Gasteiger partial charge on any atom is 0.280 e. The summed E-state index contributed by atoms with van der Waals surface area (Å²) >= 11 is 1.45. The average Bonchev–Trinajstić information content (AvgIpc) is 3.19. The van der Waals surface area contributed by atoms with Gasteiger partial charge in [-0.15, -0.1) is 11.3 Å². The number of thiophene rings is 1.